The molecule has 0 spiro atoms. The highest BCUT2D eigenvalue weighted by Gasteiger charge is 2.13. The smallest absolute Gasteiger partial charge is 0.180 e. The third-order valence-electron chi connectivity index (χ3n) is 5.43. The van der Waals surface area contributed by atoms with Crippen LogP contribution in [0.3, 0.4) is 0 Å². The first-order valence-electron chi connectivity index (χ1n) is 12.8. The molecule has 3 aromatic rings. The summed E-state index contributed by atoms with van der Waals surface area (Å²) in [5.74, 6) is 0.742. The molecule has 0 aromatic carbocycles. The number of aromatic nitrogens is 4. The van der Waals surface area contributed by atoms with Crippen LogP contribution >= 0.6 is 11.5 Å². The van der Waals surface area contributed by atoms with Gasteiger partial charge in [0.1, 0.15) is 5.00 Å². The van der Waals surface area contributed by atoms with Crippen LogP contribution < -0.4 is 10.6 Å². The van der Waals surface area contributed by atoms with E-state index in [1.165, 1.54) is 44.0 Å². The second-order valence-electron chi connectivity index (χ2n) is 8.36. The van der Waals surface area contributed by atoms with Gasteiger partial charge in [-0.25, -0.2) is 9.97 Å². The van der Waals surface area contributed by atoms with Crippen molar-refractivity contribution in [2.75, 3.05) is 32.0 Å². The standard InChI is InChI=1S/C19H24N6S.C8H19N/c1-5-7-8-14(10-20-4)16-11-21-19-18(22-13(3)12-25(16)19)23-17-9-15(6-2)24-26-17;1-4-7-9(6-3)8-5-2/h7-12,20H,5-6H2,1-4H3,(H,22,23);4-8H2,1-3H3/b8-7+,14-10+;. The van der Waals surface area contributed by atoms with E-state index >= 15 is 0 Å². The Labute approximate surface area is 215 Å². The molecule has 0 aliphatic rings. The van der Waals surface area contributed by atoms with Crippen molar-refractivity contribution in [1.29, 1.82) is 0 Å². The van der Waals surface area contributed by atoms with Crippen LogP contribution in [0.2, 0.25) is 0 Å². The van der Waals surface area contributed by atoms with Gasteiger partial charge in [0.25, 0.3) is 0 Å². The number of anilines is 2. The average molecular weight is 498 g/mol. The second-order valence-corrected chi connectivity index (χ2v) is 9.17. The molecule has 2 N–H and O–H groups in total. The number of imidazole rings is 1. The van der Waals surface area contributed by atoms with Gasteiger partial charge in [0.2, 0.25) is 0 Å². The Morgan fingerprint density at radius 2 is 1.89 bits per heavy atom. The first-order chi connectivity index (χ1) is 17.0. The number of hydrogen-bond acceptors (Lipinski definition) is 7. The van der Waals surface area contributed by atoms with Crippen LogP contribution in [0, 0.1) is 6.92 Å². The molecular weight excluding hydrogens is 454 g/mol. The summed E-state index contributed by atoms with van der Waals surface area (Å²) in [4.78, 5) is 11.7. The van der Waals surface area contributed by atoms with Crippen molar-refractivity contribution in [1.82, 2.24) is 29.0 Å². The Hall–Kier alpha value is -2.71. The minimum Gasteiger partial charge on any atom is -0.393 e. The molecule has 0 aliphatic carbocycles. The van der Waals surface area contributed by atoms with Crippen molar-refractivity contribution in [2.24, 2.45) is 0 Å². The lowest BCUT2D eigenvalue weighted by atomic mass is 10.2. The monoisotopic (exact) mass is 497 g/mol. The lowest BCUT2D eigenvalue weighted by Gasteiger charge is -2.17. The molecular formula is C27H43N7S. The zero-order chi connectivity index (χ0) is 25.6. The Balaban J connectivity index is 0.000000410. The van der Waals surface area contributed by atoms with Crippen LogP contribution in [0.25, 0.3) is 11.2 Å². The SMILES string of the molecule is CC/C=C/C(=C\NC)c1cnc2c(Nc3cc(CC)ns3)nc(C)cn12.CCCN(CC)CCC. The Morgan fingerprint density at radius 1 is 1.14 bits per heavy atom. The Morgan fingerprint density at radius 3 is 2.46 bits per heavy atom. The molecule has 0 fully saturated rings. The first kappa shape index (κ1) is 28.5. The number of hydrogen-bond donors (Lipinski definition) is 2. The molecule has 35 heavy (non-hydrogen) atoms. The van der Waals surface area contributed by atoms with E-state index < -0.39 is 0 Å². The van der Waals surface area contributed by atoms with Gasteiger partial charge in [0, 0.05) is 25.0 Å². The molecule has 3 aromatic heterocycles. The molecule has 0 atom stereocenters. The van der Waals surface area contributed by atoms with Crippen LogP contribution in [0.5, 0.6) is 0 Å². The van der Waals surface area contributed by atoms with Crippen LogP contribution in [-0.4, -0.2) is 50.3 Å². The quantitative estimate of drug-likeness (QED) is 0.280. The van der Waals surface area contributed by atoms with Gasteiger partial charge in [-0.3, -0.25) is 4.40 Å². The van der Waals surface area contributed by atoms with Gasteiger partial charge in [-0.1, -0.05) is 46.8 Å². The van der Waals surface area contributed by atoms with Gasteiger partial charge in [0.15, 0.2) is 11.5 Å². The van der Waals surface area contributed by atoms with Crippen LogP contribution in [-0.2, 0) is 6.42 Å². The number of aryl methyl sites for hydroxylation is 2. The third-order valence-corrected chi connectivity index (χ3v) is 6.17. The number of allylic oxidation sites excluding steroid dienone is 3. The topological polar surface area (TPSA) is 70.4 Å². The van der Waals surface area contributed by atoms with E-state index in [9.17, 15) is 0 Å². The maximum absolute atomic E-state index is 4.64. The minimum atomic E-state index is 0.742. The van der Waals surface area contributed by atoms with E-state index in [4.69, 9.17) is 0 Å². The molecule has 0 saturated carbocycles. The maximum Gasteiger partial charge on any atom is 0.180 e. The van der Waals surface area contributed by atoms with E-state index in [-0.39, 0.29) is 0 Å². The molecule has 0 radical (unpaired) electrons. The van der Waals surface area contributed by atoms with E-state index in [2.05, 4.69) is 87.1 Å². The highest BCUT2D eigenvalue weighted by molar-refractivity contribution is 7.10. The van der Waals surface area contributed by atoms with Crippen LogP contribution in [0.15, 0.2) is 36.8 Å². The lowest BCUT2D eigenvalue weighted by molar-refractivity contribution is 0.289. The van der Waals surface area contributed by atoms with Gasteiger partial charge in [-0.2, -0.15) is 4.37 Å². The second kappa shape index (κ2) is 15.3. The van der Waals surface area contributed by atoms with E-state index in [0.717, 1.165) is 52.0 Å². The highest BCUT2D eigenvalue weighted by atomic mass is 32.1. The molecule has 192 valence electrons. The number of fused-ring (bicyclic) bond motifs is 1. The van der Waals surface area contributed by atoms with E-state index in [1.54, 1.807) is 0 Å². The summed E-state index contributed by atoms with van der Waals surface area (Å²) >= 11 is 1.45. The summed E-state index contributed by atoms with van der Waals surface area (Å²) < 4.78 is 6.50. The van der Waals surface area contributed by atoms with Gasteiger partial charge >= 0.3 is 0 Å². The van der Waals surface area contributed by atoms with Crippen molar-refractivity contribution < 1.29 is 0 Å². The minimum absolute atomic E-state index is 0.742. The molecule has 3 rings (SSSR count). The molecule has 0 saturated heterocycles. The van der Waals surface area contributed by atoms with Crippen LogP contribution in [0.4, 0.5) is 10.8 Å². The third kappa shape index (κ3) is 8.47. The first-order valence-corrected chi connectivity index (χ1v) is 13.6. The zero-order valence-corrected chi connectivity index (χ0v) is 23.4. The number of nitrogens with zero attached hydrogens (tertiary/aromatic N) is 5. The number of rotatable bonds is 12. The van der Waals surface area contributed by atoms with Gasteiger partial charge in [0.05, 0.1) is 23.3 Å². The van der Waals surface area contributed by atoms with E-state index in [1.807, 2.05) is 32.6 Å². The lowest BCUT2D eigenvalue weighted by Crippen LogP contribution is -2.24. The Bertz CT molecular complexity index is 1070. The van der Waals surface area contributed by atoms with Crippen LogP contribution in [0.1, 0.15) is 71.0 Å². The summed E-state index contributed by atoms with van der Waals surface area (Å²) in [6.45, 7) is 16.7. The fourth-order valence-corrected chi connectivity index (χ4v) is 4.46. The van der Waals surface area contributed by atoms with Crippen molar-refractivity contribution in [2.45, 2.75) is 67.2 Å². The molecule has 0 amide bonds. The summed E-state index contributed by atoms with van der Waals surface area (Å²) in [5, 5.41) is 7.47. The predicted octanol–water partition coefficient (Wildman–Crippen LogP) is 6.46. The van der Waals surface area contributed by atoms with Crippen molar-refractivity contribution in [3.63, 3.8) is 0 Å². The fraction of sp³-hybridized carbons (Fsp3) is 0.519. The molecule has 8 heteroatoms. The van der Waals surface area contributed by atoms with Crippen molar-refractivity contribution >= 4 is 33.6 Å². The zero-order valence-electron chi connectivity index (χ0n) is 22.6. The highest BCUT2D eigenvalue weighted by Crippen LogP contribution is 2.26. The van der Waals surface area contributed by atoms with Crippen molar-refractivity contribution in [3.8, 4) is 0 Å². The summed E-state index contributed by atoms with van der Waals surface area (Å²) in [5.41, 5.74) is 4.89. The molecule has 0 bridgehead atoms. The van der Waals surface area contributed by atoms with Gasteiger partial charge in [-0.05, 0) is 69.8 Å². The van der Waals surface area contributed by atoms with Gasteiger partial charge < -0.3 is 15.5 Å². The molecule has 7 nitrogen and oxygen atoms in total. The molecule has 0 unspecified atom stereocenters. The average Bonchev–Trinajstić information content (AvgIpc) is 3.49. The molecule has 3 heterocycles. The van der Waals surface area contributed by atoms with Crippen molar-refractivity contribution in [3.05, 3.63) is 53.9 Å². The summed E-state index contributed by atoms with van der Waals surface area (Å²) in [6.07, 6.45) is 14.6. The predicted molar refractivity (Wildman–Crippen MR) is 152 cm³/mol. The fourth-order valence-electron chi connectivity index (χ4n) is 3.73. The number of nitrogens with one attached hydrogen (secondary N) is 2. The summed E-state index contributed by atoms with van der Waals surface area (Å²) in [6, 6.07) is 2.06. The maximum atomic E-state index is 4.64. The Kier molecular flexibility index (Phi) is 12.5. The van der Waals surface area contributed by atoms with E-state index in [0.29, 0.717) is 0 Å². The normalized spacial score (nSPS) is 11.8. The summed E-state index contributed by atoms with van der Waals surface area (Å²) in [7, 11) is 1.90. The molecule has 0 aliphatic heterocycles. The van der Waals surface area contributed by atoms with Gasteiger partial charge in [-0.15, -0.1) is 0 Å². The largest absolute Gasteiger partial charge is 0.393 e.